The Hall–Kier alpha value is -3.59. The van der Waals surface area contributed by atoms with Gasteiger partial charge in [-0.2, -0.15) is 0 Å². The van der Waals surface area contributed by atoms with E-state index >= 15 is 0 Å². The summed E-state index contributed by atoms with van der Waals surface area (Å²) in [5.41, 5.74) is 1.80. The van der Waals surface area contributed by atoms with Crippen molar-refractivity contribution in [1.82, 2.24) is 19.9 Å². The quantitative estimate of drug-likeness (QED) is 0.587. The molecule has 2 fully saturated rings. The number of carbonyl (C=O) groups excluding carboxylic acids is 1. The van der Waals surface area contributed by atoms with E-state index in [0.717, 1.165) is 24.6 Å². The number of nitrogens with zero attached hydrogens (tertiary/aromatic N) is 4. The number of carbonyl (C=O) groups is 1. The Morgan fingerprint density at radius 1 is 1.14 bits per heavy atom. The van der Waals surface area contributed by atoms with E-state index in [9.17, 15) is 14.0 Å². The van der Waals surface area contributed by atoms with Crippen LogP contribution in [0.15, 0.2) is 53.6 Å². The summed E-state index contributed by atoms with van der Waals surface area (Å²) in [5.74, 6) is -0.124. The van der Waals surface area contributed by atoms with Gasteiger partial charge in [0.25, 0.3) is 11.5 Å². The molecule has 1 aliphatic heterocycles. The number of hydrogen-bond donors (Lipinski definition) is 1. The van der Waals surface area contributed by atoms with Gasteiger partial charge in [-0.25, -0.2) is 9.37 Å². The minimum Gasteiger partial charge on any atom is -0.370 e. The second-order valence-electron chi connectivity index (χ2n) is 9.43. The van der Waals surface area contributed by atoms with E-state index in [1.807, 2.05) is 29.2 Å². The first kappa shape index (κ1) is 24.1. The minimum atomic E-state index is -0.531. The van der Waals surface area contributed by atoms with Crippen molar-refractivity contribution in [2.24, 2.45) is 7.05 Å². The molecule has 9 heteroatoms. The lowest BCUT2D eigenvalue weighted by molar-refractivity contribution is 0.0389. The van der Waals surface area contributed by atoms with Crippen molar-refractivity contribution in [1.29, 1.82) is 0 Å². The summed E-state index contributed by atoms with van der Waals surface area (Å²) >= 11 is 0. The van der Waals surface area contributed by atoms with E-state index in [0.29, 0.717) is 31.2 Å². The largest absolute Gasteiger partial charge is 0.370 e. The van der Waals surface area contributed by atoms with E-state index in [1.54, 1.807) is 7.05 Å². The van der Waals surface area contributed by atoms with Crippen molar-refractivity contribution < 1.29 is 13.9 Å². The highest BCUT2D eigenvalue weighted by atomic mass is 19.1. The third kappa shape index (κ3) is 5.16. The van der Waals surface area contributed by atoms with Crippen molar-refractivity contribution in [2.75, 3.05) is 24.6 Å². The van der Waals surface area contributed by atoms with Crippen LogP contribution in [-0.4, -0.2) is 46.2 Å². The molecule has 1 saturated carbocycles. The van der Waals surface area contributed by atoms with Crippen molar-refractivity contribution in [2.45, 2.75) is 44.2 Å². The molecule has 0 radical (unpaired) electrons. The zero-order valence-electron chi connectivity index (χ0n) is 20.3. The summed E-state index contributed by atoms with van der Waals surface area (Å²) in [7, 11) is 1.65. The van der Waals surface area contributed by atoms with E-state index in [-0.39, 0.29) is 34.9 Å². The molecule has 0 bridgehead atoms. The predicted molar refractivity (Wildman–Crippen MR) is 134 cm³/mol. The van der Waals surface area contributed by atoms with Gasteiger partial charge in [0.1, 0.15) is 6.10 Å². The molecular weight excluding hydrogens is 461 g/mol. The van der Waals surface area contributed by atoms with Crippen LogP contribution in [0.1, 0.15) is 54.1 Å². The zero-order valence-corrected chi connectivity index (χ0v) is 20.3. The maximum Gasteiger partial charge on any atom is 0.255 e. The number of amides is 1. The summed E-state index contributed by atoms with van der Waals surface area (Å²) in [6, 6.07) is 10.6. The number of anilines is 1. The molecule has 3 heterocycles. The monoisotopic (exact) mass is 491 g/mol. The smallest absolute Gasteiger partial charge is 0.255 e. The fraction of sp³-hybridized carbons (Fsp3) is 0.407. The molecule has 1 amide bonds. The summed E-state index contributed by atoms with van der Waals surface area (Å²) < 4.78 is 21.8. The number of aromatic nitrogens is 3. The van der Waals surface area contributed by atoms with Crippen LogP contribution < -0.4 is 15.8 Å². The van der Waals surface area contributed by atoms with E-state index < -0.39 is 5.82 Å². The zero-order chi connectivity index (χ0) is 25.1. The Kier molecular flexibility index (Phi) is 7.09. The Labute approximate surface area is 209 Å². The van der Waals surface area contributed by atoms with Crippen LogP contribution in [0.5, 0.6) is 0 Å². The average Bonchev–Trinajstić information content (AvgIpc) is 2.91. The number of pyridine rings is 1. The molecule has 36 heavy (non-hydrogen) atoms. The second-order valence-corrected chi connectivity index (χ2v) is 9.43. The molecule has 188 valence electrons. The van der Waals surface area contributed by atoms with Gasteiger partial charge in [-0.15, -0.1) is 0 Å². The van der Waals surface area contributed by atoms with E-state index in [2.05, 4.69) is 15.3 Å². The SMILES string of the molecule is Cn1c(N2CCO[C@@H](c3ccc(C(=O)NC4CCCCC4)cc3)C2)nc(-c2ccncc2F)cc1=O. The number of nitrogens with one attached hydrogen (secondary N) is 1. The molecular formula is C27H30FN5O3. The highest BCUT2D eigenvalue weighted by molar-refractivity contribution is 5.94. The summed E-state index contributed by atoms with van der Waals surface area (Å²) in [6.07, 6.45) is 7.99. The van der Waals surface area contributed by atoms with Crippen molar-refractivity contribution in [3.05, 3.63) is 76.1 Å². The lowest BCUT2D eigenvalue weighted by Crippen LogP contribution is -2.41. The lowest BCUT2D eigenvalue weighted by atomic mass is 9.95. The fourth-order valence-corrected chi connectivity index (χ4v) is 4.93. The molecule has 8 nitrogen and oxygen atoms in total. The van der Waals surface area contributed by atoms with Crippen LogP contribution in [0.25, 0.3) is 11.3 Å². The Morgan fingerprint density at radius 3 is 2.67 bits per heavy atom. The molecule has 0 unspecified atom stereocenters. The molecule has 2 aliphatic rings. The van der Waals surface area contributed by atoms with Crippen LogP contribution in [0.4, 0.5) is 10.3 Å². The molecule has 1 atom stereocenters. The third-order valence-corrected chi connectivity index (χ3v) is 6.99. The van der Waals surface area contributed by atoms with Gasteiger partial charge >= 0.3 is 0 Å². The van der Waals surface area contributed by atoms with E-state index in [1.165, 1.54) is 42.2 Å². The standard InChI is InChI=1S/C27H30FN5O3/c1-32-25(34)15-23(21-11-12-29-16-22(21)28)31-27(32)33-13-14-36-24(17-33)18-7-9-19(10-8-18)26(35)30-20-5-3-2-4-6-20/h7-12,15-16,20,24H,2-6,13-14,17H2,1H3,(H,30,35)/t24-/m1/s1. The van der Waals surface area contributed by atoms with Gasteiger partial charge in [0, 0.05) is 43.0 Å². The van der Waals surface area contributed by atoms with Crippen molar-refractivity contribution in [3.8, 4) is 11.3 Å². The Morgan fingerprint density at radius 2 is 1.92 bits per heavy atom. The molecule has 1 N–H and O–H groups in total. The lowest BCUT2D eigenvalue weighted by Gasteiger charge is -2.34. The number of rotatable bonds is 5. The Balaban J connectivity index is 1.32. The number of halogens is 1. The van der Waals surface area contributed by atoms with Gasteiger partial charge < -0.3 is 15.0 Å². The van der Waals surface area contributed by atoms with Crippen LogP contribution >= 0.6 is 0 Å². The fourth-order valence-electron chi connectivity index (χ4n) is 4.93. The van der Waals surface area contributed by atoms with Gasteiger partial charge in [0.05, 0.1) is 25.0 Å². The topological polar surface area (TPSA) is 89.3 Å². The summed E-state index contributed by atoms with van der Waals surface area (Å²) in [4.78, 5) is 35.7. The average molecular weight is 492 g/mol. The predicted octanol–water partition coefficient (Wildman–Crippen LogP) is 3.62. The van der Waals surface area contributed by atoms with Crippen LogP contribution in [-0.2, 0) is 11.8 Å². The molecule has 0 spiro atoms. The van der Waals surface area contributed by atoms with Crippen LogP contribution in [0, 0.1) is 5.82 Å². The summed E-state index contributed by atoms with van der Waals surface area (Å²) in [6.45, 7) is 1.45. The van der Waals surface area contributed by atoms with Gasteiger partial charge in [-0.3, -0.25) is 19.1 Å². The molecule has 1 aromatic carbocycles. The maximum atomic E-state index is 14.3. The van der Waals surface area contributed by atoms with Crippen LogP contribution in [0.3, 0.4) is 0 Å². The first-order valence-corrected chi connectivity index (χ1v) is 12.4. The molecule has 2 aromatic heterocycles. The van der Waals surface area contributed by atoms with Crippen molar-refractivity contribution in [3.63, 3.8) is 0 Å². The third-order valence-electron chi connectivity index (χ3n) is 6.99. The normalized spacial score (nSPS) is 18.7. The molecule has 1 aliphatic carbocycles. The molecule has 1 saturated heterocycles. The summed E-state index contributed by atoms with van der Waals surface area (Å²) in [5, 5.41) is 3.15. The van der Waals surface area contributed by atoms with Crippen LogP contribution in [0.2, 0.25) is 0 Å². The molecule has 3 aromatic rings. The highest BCUT2D eigenvalue weighted by Gasteiger charge is 2.26. The second kappa shape index (κ2) is 10.6. The minimum absolute atomic E-state index is 0.0426. The van der Waals surface area contributed by atoms with Gasteiger partial charge in [0.15, 0.2) is 5.82 Å². The Bertz CT molecular complexity index is 1290. The van der Waals surface area contributed by atoms with Gasteiger partial charge in [0.2, 0.25) is 5.95 Å². The molecule has 5 rings (SSSR count). The van der Waals surface area contributed by atoms with E-state index in [4.69, 9.17) is 4.74 Å². The number of ether oxygens (including phenoxy) is 1. The highest BCUT2D eigenvalue weighted by Crippen LogP contribution is 2.27. The van der Waals surface area contributed by atoms with Crippen molar-refractivity contribution >= 4 is 11.9 Å². The number of morpholine rings is 1. The maximum absolute atomic E-state index is 14.3. The first-order valence-electron chi connectivity index (χ1n) is 12.4. The first-order chi connectivity index (χ1) is 17.5. The van der Waals surface area contributed by atoms with Gasteiger partial charge in [-0.1, -0.05) is 31.4 Å². The van der Waals surface area contributed by atoms with Gasteiger partial charge in [-0.05, 0) is 36.6 Å². The number of benzene rings is 1. The number of hydrogen-bond acceptors (Lipinski definition) is 6.